The van der Waals surface area contributed by atoms with Crippen LogP contribution < -0.4 is 0 Å². The number of hydrogen-bond acceptors (Lipinski definition) is 2. The third-order valence-corrected chi connectivity index (χ3v) is 4.76. The van der Waals surface area contributed by atoms with Crippen LogP contribution in [0.15, 0.2) is 78.9 Å². The molecule has 0 fully saturated rings. The zero-order valence-electron chi connectivity index (χ0n) is 15.3. The number of aromatic carboxylic acids is 1. The summed E-state index contributed by atoms with van der Waals surface area (Å²) in [5.41, 5.74) is 3.23. The molecule has 29 heavy (non-hydrogen) atoms. The van der Waals surface area contributed by atoms with E-state index in [1.54, 1.807) is 48.5 Å². The van der Waals surface area contributed by atoms with Gasteiger partial charge in [0.1, 0.15) is 11.6 Å². The zero-order valence-corrected chi connectivity index (χ0v) is 15.3. The van der Waals surface area contributed by atoms with Crippen LogP contribution in [-0.2, 0) is 0 Å². The van der Waals surface area contributed by atoms with Crippen molar-refractivity contribution in [2.45, 2.75) is 0 Å². The van der Waals surface area contributed by atoms with Crippen molar-refractivity contribution in [3.63, 3.8) is 0 Å². The van der Waals surface area contributed by atoms with Gasteiger partial charge in [-0.15, -0.1) is 0 Å². The second-order valence-corrected chi connectivity index (χ2v) is 6.74. The number of rotatable bonds is 4. The Balaban J connectivity index is 1.73. The largest absolute Gasteiger partial charge is 0.508 e. The standard InChI is InChI=1S/C25H17FO3/c26-22-9-5-17(6-10-22)19-8-12-24(25(28)29)20(14-19)4-2-16-1-3-18-7-11-23(27)15-21(18)13-16/h1-15,27H,(H,28,29). The van der Waals surface area contributed by atoms with Crippen molar-refractivity contribution in [3.05, 3.63) is 101 Å². The smallest absolute Gasteiger partial charge is 0.336 e. The molecule has 4 rings (SSSR count). The fourth-order valence-corrected chi connectivity index (χ4v) is 3.26. The minimum absolute atomic E-state index is 0.186. The monoisotopic (exact) mass is 384 g/mol. The normalized spacial score (nSPS) is 11.2. The maximum atomic E-state index is 13.2. The van der Waals surface area contributed by atoms with Gasteiger partial charge < -0.3 is 10.2 Å². The van der Waals surface area contributed by atoms with E-state index in [0.29, 0.717) is 5.56 Å². The Morgan fingerprint density at radius 1 is 0.759 bits per heavy atom. The number of carboxylic acids is 1. The predicted molar refractivity (Wildman–Crippen MR) is 113 cm³/mol. The lowest BCUT2D eigenvalue weighted by Gasteiger charge is -2.07. The zero-order chi connectivity index (χ0) is 20.4. The molecular weight excluding hydrogens is 367 g/mol. The summed E-state index contributed by atoms with van der Waals surface area (Å²) >= 11 is 0. The van der Waals surface area contributed by atoms with Gasteiger partial charge in [0.05, 0.1) is 5.56 Å². The van der Waals surface area contributed by atoms with Gasteiger partial charge in [0, 0.05) is 0 Å². The van der Waals surface area contributed by atoms with Crippen molar-refractivity contribution >= 4 is 28.9 Å². The van der Waals surface area contributed by atoms with Gasteiger partial charge in [0.15, 0.2) is 0 Å². The van der Waals surface area contributed by atoms with E-state index >= 15 is 0 Å². The van der Waals surface area contributed by atoms with Crippen LogP contribution in [0, 0.1) is 5.82 Å². The molecule has 0 amide bonds. The number of carbonyl (C=O) groups is 1. The van der Waals surface area contributed by atoms with E-state index in [4.69, 9.17) is 0 Å². The van der Waals surface area contributed by atoms with Gasteiger partial charge in [-0.1, -0.05) is 48.6 Å². The van der Waals surface area contributed by atoms with Crippen LogP contribution in [0.4, 0.5) is 4.39 Å². The second kappa shape index (κ2) is 7.60. The molecule has 0 radical (unpaired) electrons. The number of fused-ring (bicyclic) bond motifs is 1. The minimum atomic E-state index is -1.02. The molecule has 142 valence electrons. The fourth-order valence-electron chi connectivity index (χ4n) is 3.26. The Labute approximate surface area is 167 Å². The Kier molecular flexibility index (Phi) is 4.83. The summed E-state index contributed by atoms with van der Waals surface area (Å²) in [6.45, 7) is 0. The molecule has 2 N–H and O–H groups in total. The average molecular weight is 384 g/mol. The Bertz CT molecular complexity index is 1240. The van der Waals surface area contributed by atoms with Crippen molar-refractivity contribution in [2.24, 2.45) is 0 Å². The van der Waals surface area contributed by atoms with E-state index in [-0.39, 0.29) is 17.1 Å². The molecule has 4 aromatic carbocycles. The Hall–Kier alpha value is -3.92. The SMILES string of the molecule is O=C(O)c1ccc(-c2ccc(F)cc2)cc1C=Cc1ccc2ccc(O)cc2c1. The van der Waals surface area contributed by atoms with Crippen molar-refractivity contribution in [1.29, 1.82) is 0 Å². The topological polar surface area (TPSA) is 57.5 Å². The highest BCUT2D eigenvalue weighted by Crippen LogP contribution is 2.26. The van der Waals surface area contributed by atoms with Crippen molar-refractivity contribution in [3.8, 4) is 16.9 Å². The van der Waals surface area contributed by atoms with Crippen LogP contribution in [0.1, 0.15) is 21.5 Å². The number of carboxylic acid groups (broad SMARTS) is 1. The highest BCUT2D eigenvalue weighted by Gasteiger charge is 2.10. The Morgan fingerprint density at radius 2 is 1.48 bits per heavy atom. The highest BCUT2D eigenvalue weighted by molar-refractivity contribution is 5.95. The fraction of sp³-hybridized carbons (Fsp3) is 0. The quantitative estimate of drug-likeness (QED) is 0.411. The van der Waals surface area contributed by atoms with Gasteiger partial charge in [-0.25, -0.2) is 9.18 Å². The predicted octanol–water partition coefficient (Wildman–Crippen LogP) is 6.22. The highest BCUT2D eigenvalue weighted by atomic mass is 19.1. The van der Waals surface area contributed by atoms with Gasteiger partial charge in [0.2, 0.25) is 0 Å². The van der Waals surface area contributed by atoms with Crippen LogP contribution in [0.5, 0.6) is 5.75 Å². The first-order valence-electron chi connectivity index (χ1n) is 9.04. The summed E-state index contributed by atoms with van der Waals surface area (Å²) in [6, 6.07) is 22.1. The van der Waals surface area contributed by atoms with Crippen molar-refractivity contribution in [1.82, 2.24) is 0 Å². The molecule has 4 heteroatoms. The van der Waals surface area contributed by atoms with Gasteiger partial charge in [-0.2, -0.15) is 0 Å². The van der Waals surface area contributed by atoms with Gasteiger partial charge in [0.25, 0.3) is 0 Å². The summed E-state index contributed by atoms with van der Waals surface area (Å²) in [6.07, 6.45) is 3.58. The number of aromatic hydroxyl groups is 1. The van der Waals surface area contributed by atoms with E-state index < -0.39 is 5.97 Å². The summed E-state index contributed by atoms with van der Waals surface area (Å²) < 4.78 is 13.2. The number of phenols is 1. The maximum Gasteiger partial charge on any atom is 0.336 e. The number of hydrogen-bond donors (Lipinski definition) is 2. The molecule has 0 aliphatic carbocycles. The van der Waals surface area contributed by atoms with Gasteiger partial charge in [-0.3, -0.25) is 0 Å². The maximum absolute atomic E-state index is 13.2. The molecule has 3 nitrogen and oxygen atoms in total. The van der Waals surface area contributed by atoms with Crippen LogP contribution in [-0.4, -0.2) is 16.2 Å². The first-order valence-corrected chi connectivity index (χ1v) is 9.04. The number of halogens is 1. The molecule has 0 saturated carbocycles. The molecule has 0 heterocycles. The lowest BCUT2D eigenvalue weighted by atomic mass is 9.98. The molecule has 0 aliphatic rings. The molecule has 4 aromatic rings. The van der Waals surface area contributed by atoms with Gasteiger partial charge >= 0.3 is 5.97 Å². The van der Waals surface area contributed by atoms with Gasteiger partial charge in [-0.05, 0) is 75.5 Å². The summed E-state index contributed by atoms with van der Waals surface area (Å²) in [4.78, 5) is 11.6. The molecule has 0 saturated heterocycles. The van der Waals surface area contributed by atoms with Crippen LogP contribution in [0.2, 0.25) is 0 Å². The molecule has 0 aliphatic heterocycles. The third-order valence-electron chi connectivity index (χ3n) is 4.76. The van der Waals surface area contributed by atoms with Crippen LogP contribution >= 0.6 is 0 Å². The number of benzene rings is 4. The van der Waals surface area contributed by atoms with Crippen molar-refractivity contribution in [2.75, 3.05) is 0 Å². The minimum Gasteiger partial charge on any atom is -0.508 e. The summed E-state index contributed by atoms with van der Waals surface area (Å²) in [7, 11) is 0. The first-order chi connectivity index (χ1) is 14.0. The summed E-state index contributed by atoms with van der Waals surface area (Å²) in [5.74, 6) is -1.14. The lowest BCUT2D eigenvalue weighted by Crippen LogP contribution is -1.99. The van der Waals surface area contributed by atoms with E-state index in [9.17, 15) is 19.4 Å². The third kappa shape index (κ3) is 4.01. The van der Waals surface area contributed by atoms with Crippen molar-refractivity contribution < 1.29 is 19.4 Å². The van der Waals surface area contributed by atoms with Crippen LogP contribution in [0.25, 0.3) is 34.1 Å². The van der Waals surface area contributed by atoms with E-state index in [1.807, 2.05) is 30.3 Å². The van der Waals surface area contributed by atoms with Crippen LogP contribution in [0.3, 0.4) is 0 Å². The summed E-state index contributed by atoms with van der Waals surface area (Å²) in [5, 5.41) is 21.1. The number of phenolic OH excluding ortho intramolecular Hbond substituents is 1. The lowest BCUT2D eigenvalue weighted by molar-refractivity contribution is 0.0696. The second-order valence-electron chi connectivity index (χ2n) is 6.74. The first kappa shape index (κ1) is 18.4. The molecule has 0 spiro atoms. The molecule has 0 bridgehead atoms. The van der Waals surface area contributed by atoms with E-state index in [1.165, 1.54) is 12.1 Å². The molecular formula is C25H17FO3. The molecule has 0 unspecified atom stereocenters. The van der Waals surface area contributed by atoms with E-state index in [2.05, 4.69) is 0 Å². The Morgan fingerprint density at radius 3 is 2.24 bits per heavy atom. The molecule has 0 atom stereocenters. The van der Waals surface area contributed by atoms with E-state index in [0.717, 1.165) is 27.5 Å². The molecule has 0 aromatic heterocycles. The average Bonchev–Trinajstić information content (AvgIpc) is 2.72.